The lowest BCUT2D eigenvalue weighted by Crippen LogP contribution is -2.00. The van der Waals surface area contributed by atoms with Crippen molar-refractivity contribution in [3.8, 4) is 17.2 Å². The first-order valence-electron chi connectivity index (χ1n) is 6.30. The summed E-state index contributed by atoms with van der Waals surface area (Å²) in [7, 11) is 4.95. The number of methoxy groups -OCH3 is 3. The minimum Gasteiger partial charge on any atom is -0.497 e. The van der Waals surface area contributed by atoms with E-state index in [4.69, 9.17) is 14.2 Å². The highest BCUT2D eigenvalue weighted by Gasteiger charge is 2.19. The summed E-state index contributed by atoms with van der Waals surface area (Å²) in [5, 5.41) is 0. The average molecular weight is 416 g/mol. The van der Waals surface area contributed by atoms with E-state index < -0.39 is 0 Å². The van der Waals surface area contributed by atoms with Crippen LogP contribution in [-0.2, 0) is 0 Å². The number of alkyl halides is 1. The highest BCUT2D eigenvalue weighted by Crippen LogP contribution is 2.42. The number of ether oxygens (including phenoxy) is 3. The van der Waals surface area contributed by atoms with Crippen molar-refractivity contribution >= 4 is 31.9 Å². The van der Waals surface area contributed by atoms with E-state index in [1.54, 1.807) is 21.3 Å². The van der Waals surface area contributed by atoms with Gasteiger partial charge in [-0.05, 0) is 18.2 Å². The largest absolute Gasteiger partial charge is 0.497 e. The number of benzene rings is 2. The first-order chi connectivity index (χ1) is 10.1. The maximum Gasteiger partial charge on any atom is 0.127 e. The first kappa shape index (κ1) is 16.2. The molecule has 0 amide bonds. The molecule has 5 heteroatoms. The van der Waals surface area contributed by atoms with Crippen molar-refractivity contribution in [1.29, 1.82) is 0 Å². The van der Waals surface area contributed by atoms with Crippen molar-refractivity contribution in [2.24, 2.45) is 0 Å². The first-order valence-corrected chi connectivity index (χ1v) is 8.01. The smallest absolute Gasteiger partial charge is 0.127 e. The van der Waals surface area contributed by atoms with Crippen LogP contribution in [0.5, 0.6) is 17.2 Å². The van der Waals surface area contributed by atoms with Gasteiger partial charge in [0.1, 0.15) is 17.2 Å². The van der Waals surface area contributed by atoms with Gasteiger partial charge in [0.25, 0.3) is 0 Å². The van der Waals surface area contributed by atoms with Gasteiger partial charge in [-0.1, -0.05) is 44.0 Å². The Kier molecular flexibility index (Phi) is 5.53. The monoisotopic (exact) mass is 414 g/mol. The van der Waals surface area contributed by atoms with E-state index in [9.17, 15) is 0 Å². The van der Waals surface area contributed by atoms with Crippen LogP contribution in [0.1, 0.15) is 16.0 Å². The summed E-state index contributed by atoms with van der Waals surface area (Å²) in [4.78, 5) is -0.0404. The fraction of sp³-hybridized carbons (Fsp3) is 0.250. The molecule has 0 saturated carbocycles. The molecule has 2 rings (SSSR count). The summed E-state index contributed by atoms with van der Waals surface area (Å²) in [6.07, 6.45) is 0. The lowest BCUT2D eigenvalue weighted by Gasteiger charge is -2.18. The maximum absolute atomic E-state index is 5.47. The second kappa shape index (κ2) is 7.18. The fourth-order valence-electron chi connectivity index (χ4n) is 2.09. The summed E-state index contributed by atoms with van der Waals surface area (Å²) in [5.74, 6) is 2.34. The summed E-state index contributed by atoms with van der Waals surface area (Å²) >= 11 is 7.19. The third kappa shape index (κ3) is 3.52. The molecule has 3 nitrogen and oxygen atoms in total. The van der Waals surface area contributed by atoms with E-state index in [2.05, 4.69) is 31.9 Å². The molecule has 112 valence electrons. The number of rotatable bonds is 5. The van der Waals surface area contributed by atoms with Crippen molar-refractivity contribution in [2.45, 2.75) is 4.83 Å². The van der Waals surface area contributed by atoms with Gasteiger partial charge in [-0.3, -0.25) is 0 Å². The predicted octanol–water partition coefficient (Wildman–Crippen LogP) is 4.96. The summed E-state index contributed by atoms with van der Waals surface area (Å²) in [5.41, 5.74) is 2.04. The molecule has 0 saturated heterocycles. The highest BCUT2D eigenvalue weighted by molar-refractivity contribution is 9.10. The van der Waals surface area contributed by atoms with E-state index in [0.29, 0.717) is 0 Å². The van der Waals surface area contributed by atoms with Crippen molar-refractivity contribution in [3.63, 3.8) is 0 Å². The zero-order chi connectivity index (χ0) is 15.4. The third-order valence-corrected chi connectivity index (χ3v) is 4.66. The Labute approximate surface area is 141 Å². The van der Waals surface area contributed by atoms with Gasteiger partial charge >= 0.3 is 0 Å². The van der Waals surface area contributed by atoms with Crippen LogP contribution in [0.2, 0.25) is 0 Å². The molecule has 0 aliphatic rings. The molecule has 0 heterocycles. The quantitative estimate of drug-likeness (QED) is 0.646. The van der Waals surface area contributed by atoms with E-state index >= 15 is 0 Å². The van der Waals surface area contributed by atoms with Gasteiger partial charge < -0.3 is 14.2 Å². The lowest BCUT2D eigenvalue weighted by atomic mass is 10.0. The van der Waals surface area contributed by atoms with Crippen molar-refractivity contribution in [1.82, 2.24) is 0 Å². The molecule has 0 N–H and O–H groups in total. The second-order valence-corrected chi connectivity index (χ2v) is 6.19. The maximum atomic E-state index is 5.47. The topological polar surface area (TPSA) is 27.7 Å². The standard InChI is InChI=1S/C16H16Br2O3/c1-19-11-5-7-13(15(9-11)21-3)16(18)12-6-4-10(17)8-14(12)20-2/h4-9,16H,1-3H3. The Hall–Kier alpha value is -1.20. The van der Waals surface area contributed by atoms with Gasteiger partial charge in [0, 0.05) is 21.7 Å². The van der Waals surface area contributed by atoms with Gasteiger partial charge in [0.05, 0.1) is 26.2 Å². The average Bonchev–Trinajstić information content (AvgIpc) is 2.53. The molecule has 2 aromatic carbocycles. The Morgan fingerprint density at radius 2 is 1.38 bits per heavy atom. The van der Waals surface area contributed by atoms with Crippen LogP contribution in [0, 0.1) is 0 Å². The predicted molar refractivity (Wildman–Crippen MR) is 91.0 cm³/mol. The van der Waals surface area contributed by atoms with E-state index in [1.165, 1.54) is 0 Å². The summed E-state index contributed by atoms with van der Waals surface area (Å²) < 4.78 is 17.1. The van der Waals surface area contributed by atoms with Gasteiger partial charge in [0.2, 0.25) is 0 Å². The van der Waals surface area contributed by atoms with Crippen molar-refractivity contribution < 1.29 is 14.2 Å². The Bertz CT molecular complexity index is 629. The fourth-order valence-corrected chi connectivity index (χ4v) is 3.19. The lowest BCUT2D eigenvalue weighted by molar-refractivity contribution is 0.390. The molecule has 0 bridgehead atoms. The molecule has 21 heavy (non-hydrogen) atoms. The molecule has 0 fully saturated rings. The molecular formula is C16H16Br2O3. The second-order valence-electron chi connectivity index (χ2n) is 4.36. The molecule has 2 aromatic rings. The molecular weight excluding hydrogens is 400 g/mol. The molecule has 0 radical (unpaired) electrons. The van der Waals surface area contributed by atoms with Gasteiger partial charge in [-0.2, -0.15) is 0 Å². The molecule has 0 aliphatic carbocycles. The molecule has 1 unspecified atom stereocenters. The molecule has 0 spiro atoms. The van der Waals surface area contributed by atoms with Gasteiger partial charge in [0.15, 0.2) is 0 Å². The van der Waals surface area contributed by atoms with Gasteiger partial charge in [-0.15, -0.1) is 0 Å². The summed E-state index contributed by atoms with van der Waals surface area (Å²) in [6, 6.07) is 11.7. The van der Waals surface area contributed by atoms with Crippen LogP contribution >= 0.6 is 31.9 Å². The Morgan fingerprint density at radius 3 is 1.95 bits per heavy atom. The van der Waals surface area contributed by atoms with Crippen molar-refractivity contribution in [2.75, 3.05) is 21.3 Å². The minimum atomic E-state index is -0.0404. The van der Waals surface area contributed by atoms with E-state index in [0.717, 1.165) is 32.8 Å². The van der Waals surface area contributed by atoms with Crippen LogP contribution in [-0.4, -0.2) is 21.3 Å². The van der Waals surface area contributed by atoms with E-state index in [1.807, 2.05) is 36.4 Å². The van der Waals surface area contributed by atoms with Gasteiger partial charge in [-0.25, -0.2) is 0 Å². The summed E-state index contributed by atoms with van der Waals surface area (Å²) in [6.45, 7) is 0. The van der Waals surface area contributed by atoms with E-state index in [-0.39, 0.29) is 4.83 Å². The zero-order valence-electron chi connectivity index (χ0n) is 12.0. The van der Waals surface area contributed by atoms with Crippen LogP contribution in [0.3, 0.4) is 0 Å². The number of hydrogen-bond donors (Lipinski definition) is 0. The minimum absolute atomic E-state index is 0.0404. The van der Waals surface area contributed by atoms with Crippen LogP contribution in [0.4, 0.5) is 0 Å². The van der Waals surface area contributed by atoms with Crippen LogP contribution in [0.15, 0.2) is 40.9 Å². The molecule has 0 aliphatic heterocycles. The number of hydrogen-bond acceptors (Lipinski definition) is 3. The molecule has 1 atom stereocenters. The van der Waals surface area contributed by atoms with Crippen LogP contribution < -0.4 is 14.2 Å². The highest BCUT2D eigenvalue weighted by atomic mass is 79.9. The Balaban J connectivity index is 2.46. The Morgan fingerprint density at radius 1 is 0.810 bits per heavy atom. The number of halogens is 2. The normalized spacial score (nSPS) is 11.9. The zero-order valence-corrected chi connectivity index (χ0v) is 15.2. The van der Waals surface area contributed by atoms with Crippen LogP contribution in [0.25, 0.3) is 0 Å². The third-order valence-electron chi connectivity index (χ3n) is 3.18. The SMILES string of the molecule is COc1ccc(C(Br)c2ccc(Br)cc2OC)c(OC)c1. The molecule has 0 aromatic heterocycles. The van der Waals surface area contributed by atoms with Crippen molar-refractivity contribution in [3.05, 3.63) is 52.0 Å².